The molecule has 0 rings (SSSR count). The van der Waals surface area contributed by atoms with Crippen molar-refractivity contribution in [2.75, 3.05) is 6.61 Å². The third-order valence-corrected chi connectivity index (χ3v) is 4.40. The molecule has 0 saturated carbocycles. The summed E-state index contributed by atoms with van der Waals surface area (Å²) in [6.45, 7) is 6.73. The standard InChI is InChI=1S/C16H34O4S/c1-4-5-6-7-8-9-10-11-13-16(2,3)14-12-15-20-21(17,18)19/h4-15H2,1-3H3,(H,17,18,19). The topological polar surface area (TPSA) is 63.6 Å². The number of hydrogen-bond acceptors (Lipinski definition) is 3. The van der Waals surface area contributed by atoms with Crippen LogP contribution in [0.4, 0.5) is 0 Å². The zero-order valence-corrected chi connectivity index (χ0v) is 14.9. The number of hydrogen-bond donors (Lipinski definition) is 1. The fourth-order valence-corrected chi connectivity index (χ4v) is 2.91. The van der Waals surface area contributed by atoms with Crippen molar-refractivity contribution in [1.29, 1.82) is 0 Å². The lowest BCUT2D eigenvalue weighted by atomic mass is 9.82. The molecule has 0 radical (unpaired) electrons. The van der Waals surface area contributed by atoms with Crippen LogP contribution in [0.2, 0.25) is 0 Å². The van der Waals surface area contributed by atoms with Gasteiger partial charge in [-0.1, -0.05) is 72.1 Å². The molecule has 0 saturated heterocycles. The lowest BCUT2D eigenvalue weighted by Gasteiger charge is -2.24. The number of unbranched alkanes of at least 4 members (excludes halogenated alkanes) is 7. The highest BCUT2D eigenvalue weighted by Crippen LogP contribution is 2.29. The molecule has 5 heteroatoms. The normalized spacial score (nSPS) is 12.8. The Hall–Kier alpha value is -0.130. The fraction of sp³-hybridized carbons (Fsp3) is 1.00. The summed E-state index contributed by atoms with van der Waals surface area (Å²) in [6.07, 6.45) is 13.3. The van der Waals surface area contributed by atoms with E-state index < -0.39 is 10.4 Å². The van der Waals surface area contributed by atoms with Crippen LogP contribution in [0.25, 0.3) is 0 Å². The average Bonchev–Trinajstić information content (AvgIpc) is 2.37. The summed E-state index contributed by atoms with van der Waals surface area (Å²) < 4.78 is 33.7. The van der Waals surface area contributed by atoms with E-state index in [1.807, 2.05) is 0 Å². The molecule has 0 amide bonds. The van der Waals surface area contributed by atoms with Gasteiger partial charge in [0.1, 0.15) is 0 Å². The van der Waals surface area contributed by atoms with Gasteiger partial charge in [-0.2, -0.15) is 8.42 Å². The molecule has 0 aliphatic carbocycles. The molecule has 0 aromatic rings. The predicted molar refractivity (Wildman–Crippen MR) is 87.7 cm³/mol. The Morgan fingerprint density at radius 3 is 1.86 bits per heavy atom. The quantitative estimate of drug-likeness (QED) is 0.355. The minimum absolute atomic E-state index is 0.0691. The van der Waals surface area contributed by atoms with Gasteiger partial charge in [0.15, 0.2) is 0 Å². The van der Waals surface area contributed by atoms with Crippen LogP contribution in [-0.4, -0.2) is 19.6 Å². The lowest BCUT2D eigenvalue weighted by molar-refractivity contribution is 0.225. The van der Waals surface area contributed by atoms with Gasteiger partial charge in [0.25, 0.3) is 0 Å². The lowest BCUT2D eigenvalue weighted by Crippen LogP contribution is -2.13. The average molecular weight is 323 g/mol. The molecule has 0 heterocycles. The summed E-state index contributed by atoms with van der Waals surface area (Å²) in [5, 5.41) is 0. The van der Waals surface area contributed by atoms with Crippen molar-refractivity contribution in [2.45, 2.75) is 91.4 Å². The van der Waals surface area contributed by atoms with Gasteiger partial charge in [-0.15, -0.1) is 0 Å². The van der Waals surface area contributed by atoms with E-state index in [4.69, 9.17) is 4.55 Å². The minimum atomic E-state index is -4.28. The Labute approximate surface area is 131 Å². The third-order valence-electron chi connectivity index (χ3n) is 3.94. The van der Waals surface area contributed by atoms with Gasteiger partial charge in [-0.3, -0.25) is 4.55 Å². The molecular weight excluding hydrogens is 288 g/mol. The van der Waals surface area contributed by atoms with Crippen molar-refractivity contribution in [3.63, 3.8) is 0 Å². The van der Waals surface area contributed by atoms with E-state index in [0.29, 0.717) is 6.42 Å². The molecule has 0 spiro atoms. The van der Waals surface area contributed by atoms with Gasteiger partial charge in [0, 0.05) is 0 Å². The smallest absolute Gasteiger partial charge is 0.264 e. The van der Waals surface area contributed by atoms with E-state index in [-0.39, 0.29) is 12.0 Å². The van der Waals surface area contributed by atoms with Crippen LogP contribution in [0, 0.1) is 5.41 Å². The van der Waals surface area contributed by atoms with Crippen molar-refractivity contribution in [3.05, 3.63) is 0 Å². The van der Waals surface area contributed by atoms with Gasteiger partial charge >= 0.3 is 10.4 Å². The molecule has 1 N–H and O–H groups in total. The Morgan fingerprint density at radius 2 is 1.33 bits per heavy atom. The molecule has 0 aliphatic rings. The SMILES string of the molecule is CCCCCCCCCCC(C)(C)CCCOS(=O)(=O)O. The summed E-state index contributed by atoms with van der Waals surface area (Å²) >= 11 is 0. The van der Waals surface area contributed by atoms with Crippen LogP contribution in [-0.2, 0) is 14.6 Å². The highest BCUT2D eigenvalue weighted by Gasteiger charge is 2.17. The first-order chi connectivity index (χ1) is 9.77. The minimum Gasteiger partial charge on any atom is -0.264 e. The van der Waals surface area contributed by atoms with E-state index in [0.717, 1.165) is 12.8 Å². The highest BCUT2D eigenvalue weighted by atomic mass is 32.3. The maximum Gasteiger partial charge on any atom is 0.397 e. The van der Waals surface area contributed by atoms with Crippen molar-refractivity contribution in [2.24, 2.45) is 5.41 Å². The predicted octanol–water partition coefficient (Wildman–Crippen LogP) is 5.14. The van der Waals surface area contributed by atoms with Gasteiger partial charge < -0.3 is 0 Å². The Morgan fingerprint density at radius 1 is 0.857 bits per heavy atom. The second kappa shape index (κ2) is 11.4. The third kappa shape index (κ3) is 16.1. The summed E-state index contributed by atoms with van der Waals surface area (Å²) in [5.74, 6) is 0. The van der Waals surface area contributed by atoms with E-state index in [1.165, 1.54) is 51.4 Å². The fourth-order valence-electron chi connectivity index (χ4n) is 2.58. The van der Waals surface area contributed by atoms with Gasteiger partial charge in [0.2, 0.25) is 0 Å². The first kappa shape index (κ1) is 20.9. The van der Waals surface area contributed by atoms with E-state index in [2.05, 4.69) is 25.0 Å². The first-order valence-electron chi connectivity index (χ1n) is 8.39. The maximum atomic E-state index is 10.4. The molecule has 0 unspecified atom stereocenters. The molecule has 4 nitrogen and oxygen atoms in total. The highest BCUT2D eigenvalue weighted by molar-refractivity contribution is 7.80. The van der Waals surface area contributed by atoms with Crippen LogP contribution >= 0.6 is 0 Å². The van der Waals surface area contributed by atoms with E-state index in [1.54, 1.807) is 0 Å². The largest absolute Gasteiger partial charge is 0.397 e. The molecule has 21 heavy (non-hydrogen) atoms. The van der Waals surface area contributed by atoms with Gasteiger partial charge in [-0.25, -0.2) is 4.18 Å². The zero-order valence-electron chi connectivity index (χ0n) is 14.1. The second-order valence-electron chi connectivity index (χ2n) is 6.74. The molecule has 0 aromatic carbocycles. The molecule has 0 fully saturated rings. The Balaban J connectivity index is 3.50. The number of rotatable bonds is 14. The molecular formula is C16H34O4S. The summed E-state index contributed by atoms with van der Waals surface area (Å²) in [5.41, 5.74) is 0.213. The molecule has 0 bridgehead atoms. The van der Waals surface area contributed by atoms with Crippen molar-refractivity contribution in [3.8, 4) is 0 Å². The first-order valence-corrected chi connectivity index (χ1v) is 9.75. The Bertz CT molecular complexity index is 336. The zero-order chi connectivity index (χ0) is 16.2. The van der Waals surface area contributed by atoms with Gasteiger partial charge in [0.05, 0.1) is 6.61 Å². The van der Waals surface area contributed by atoms with E-state index in [9.17, 15) is 8.42 Å². The molecule has 0 aromatic heterocycles. The van der Waals surface area contributed by atoms with Crippen LogP contribution in [0.15, 0.2) is 0 Å². The monoisotopic (exact) mass is 322 g/mol. The van der Waals surface area contributed by atoms with Crippen molar-refractivity contribution >= 4 is 10.4 Å². The molecule has 128 valence electrons. The molecule has 0 aliphatic heterocycles. The molecule has 0 atom stereocenters. The van der Waals surface area contributed by atoms with E-state index >= 15 is 0 Å². The second-order valence-corrected chi connectivity index (χ2v) is 7.83. The van der Waals surface area contributed by atoms with Gasteiger partial charge in [-0.05, 0) is 24.7 Å². The summed E-state index contributed by atoms with van der Waals surface area (Å²) in [7, 11) is -4.28. The van der Waals surface area contributed by atoms with Crippen LogP contribution < -0.4 is 0 Å². The summed E-state index contributed by atoms with van der Waals surface area (Å²) in [6, 6.07) is 0. The van der Waals surface area contributed by atoms with Crippen molar-refractivity contribution in [1.82, 2.24) is 0 Å². The van der Waals surface area contributed by atoms with Crippen molar-refractivity contribution < 1.29 is 17.2 Å². The maximum absolute atomic E-state index is 10.4. The summed E-state index contributed by atoms with van der Waals surface area (Å²) in [4.78, 5) is 0. The van der Waals surface area contributed by atoms with Crippen LogP contribution in [0.5, 0.6) is 0 Å². The van der Waals surface area contributed by atoms with Crippen LogP contribution in [0.3, 0.4) is 0 Å². The Kier molecular flexibility index (Phi) is 11.4. The van der Waals surface area contributed by atoms with Crippen LogP contribution in [0.1, 0.15) is 91.4 Å².